The van der Waals surface area contributed by atoms with E-state index in [4.69, 9.17) is 0 Å². The molecule has 8 atom stereocenters. The topological polar surface area (TPSA) is 240 Å². The molecule has 0 radical (unpaired) electrons. The Morgan fingerprint density at radius 2 is 0.889 bits per heavy atom. The summed E-state index contributed by atoms with van der Waals surface area (Å²) in [5.41, 5.74) is 4.01. The molecule has 0 aromatic carbocycles. The normalized spacial score (nSPS) is 16.0. The Morgan fingerprint density at radius 1 is 0.481 bits per heavy atom. The van der Waals surface area contributed by atoms with Gasteiger partial charge in [-0.15, -0.1) is 0 Å². The van der Waals surface area contributed by atoms with Crippen LogP contribution in [0.1, 0.15) is 134 Å². The average Bonchev–Trinajstić information content (AvgIpc) is 2.98. The van der Waals surface area contributed by atoms with Crippen molar-refractivity contribution in [3.8, 4) is 0 Å². The number of hydrogen-bond acceptors (Lipinski definition) is 7. The summed E-state index contributed by atoms with van der Waals surface area (Å²) in [6.07, 6.45) is 1.21. The molecule has 15 heteroatoms. The van der Waals surface area contributed by atoms with E-state index in [1.807, 2.05) is 55.4 Å². The molecule has 0 rings (SSSR count). The van der Waals surface area contributed by atoms with Gasteiger partial charge < -0.3 is 42.7 Å². The molecule has 10 N–H and O–H groups in total. The number of amides is 6. The zero-order valence-electron chi connectivity index (χ0n) is 35.1. The lowest BCUT2D eigenvalue weighted by molar-refractivity contribution is -0.429. The Balaban J connectivity index is 5.13. The molecule has 0 aromatic heterocycles. The molecule has 0 spiro atoms. The third kappa shape index (κ3) is 23.1. The van der Waals surface area contributed by atoms with Crippen molar-refractivity contribution in [2.45, 2.75) is 177 Å². The number of carbonyl (C=O) groups excluding carboxylic acids is 6. The molecular weight excluding hydrogens is 694 g/mol. The van der Waals surface area contributed by atoms with Crippen molar-refractivity contribution < 1.29 is 44.4 Å². The first kappa shape index (κ1) is 50.2. The lowest BCUT2D eigenvalue weighted by Crippen LogP contribution is -2.64. The Labute approximate surface area is 323 Å². The lowest BCUT2D eigenvalue weighted by atomic mass is 9.96. The minimum Gasteiger partial charge on any atom is -0.481 e. The van der Waals surface area contributed by atoms with Gasteiger partial charge in [0.25, 0.3) is 0 Å². The molecule has 0 saturated carbocycles. The maximum atomic E-state index is 13.3. The molecule has 0 fully saturated rings. The highest BCUT2D eigenvalue weighted by Gasteiger charge is 2.29. The van der Waals surface area contributed by atoms with E-state index < -0.39 is 42.1 Å². The molecule has 0 aromatic rings. The summed E-state index contributed by atoms with van der Waals surface area (Å²) in [7, 11) is 0. The standard InChI is InChI=1S/C39H73N7O8/c1-21(2)13-29(44-33(47)15-25(9)41-36(50)19-31(40)23(5)6)17-35(49)43-28(12)27(11)39(54)46-32(24(7)8)20-37(51)42-26(10)16-34(48)45-30(14-22(3)4)18-38(52)53/h21-32H,13-20,40H2,1-12H3,(H,41,50)(H,42,51)(H,43,49)(H,44,47)(H,45,48)(H,46,54)(H,52,53)/p+1/t25-,26-,27-,28-,29-,30-,31-,32-/m0/s1. The van der Waals surface area contributed by atoms with Crippen LogP contribution in [0.15, 0.2) is 0 Å². The fraction of sp³-hybridized carbons (Fsp3) is 0.821. The van der Waals surface area contributed by atoms with Crippen molar-refractivity contribution in [1.29, 1.82) is 0 Å². The molecule has 0 heterocycles. The monoisotopic (exact) mass is 769 g/mol. The predicted molar refractivity (Wildman–Crippen MR) is 208 cm³/mol. The van der Waals surface area contributed by atoms with Crippen molar-refractivity contribution in [2.24, 2.45) is 29.6 Å². The van der Waals surface area contributed by atoms with Crippen molar-refractivity contribution in [3.05, 3.63) is 0 Å². The van der Waals surface area contributed by atoms with Crippen LogP contribution < -0.4 is 37.6 Å². The third-order valence-corrected chi connectivity index (χ3v) is 9.37. The lowest BCUT2D eigenvalue weighted by Gasteiger charge is -2.28. The molecular formula is C39H74N7O8+. The summed E-state index contributed by atoms with van der Waals surface area (Å²) in [5, 5.41) is 26.4. The smallest absolute Gasteiger partial charge is 0.305 e. The van der Waals surface area contributed by atoms with E-state index in [9.17, 15) is 38.7 Å². The fourth-order valence-corrected chi connectivity index (χ4v) is 5.96. The van der Waals surface area contributed by atoms with Gasteiger partial charge in [0.2, 0.25) is 35.4 Å². The number of rotatable bonds is 26. The van der Waals surface area contributed by atoms with Gasteiger partial charge in [-0.2, -0.15) is 0 Å². The molecule has 0 aliphatic carbocycles. The van der Waals surface area contributed by atoms with E-state index >= 15 is 0 Å². The van der Waals surface area contributed by atoms with E-state index in [0.29, 0.717) is 12.8 Å². The molecule has 0 unspecified atom stereocenters. The van der Waals surface area contributed by atoms with Crippen molar-refractivity contribution in [2.75, 3.05) is 0 Å². The zero-order chi connectivity index (χ0) is 41.9. The first-order valence-corrected chi connectivity index (χ1v) is 19.7. The van der Waals surface area contributed by atoms with Gasteiger partial charge in [-0.1, -0.05) is 62.3 Å². The summed E-state index contributed by atoms with van der Waals surface area (Å²) >= 11 is 0. The zero-order valence-corrected chi connectivity index (χ0v) is 35.1. The molecule has 0 bridgehead atoms. The summed E-state index contributed by atoms with van der Waals surface area (Å²) in [5.74, 6) is -2.86. The van der Waals surface area contributed by atoms with Gasteiger partial charge in [-0.25, -0.2) is 0 Å². The number of carboxylic acids is 1. The van der Waals surface area contributed by atoms with E-state index in [0.717, 1.165) is 0 Å². The van der Waals surface area contributed by atoms with Gasteiger partial charge in [-0.05, 0) is 51.4 Å². The number of aliphatic carboxylic acids is 1. The van der Waals surface area contributed by atoms with Gasteiger partial charge in [-0.3, -0.25) is 33.6 Å². The second kappa shape index (κ2) is 25.4. The molecule has 15 nitrogen and oxygen atoms in total. The van der Waals surface area contributed by atoms with Crippen LogP contribution in [-0.2, 0) is 33.6 Å². The van der Waals surface area contributed by atoms with Gasteiger partial charge in [0.15, 0.2) is 0 Å². The van der Waals surface area contributed by atoms with Gasteiger partial charge in [0, 0.05) is 67.9 Å². The average molecular weight is 769 g/mol. The minimum atomic E-state index is -0.998. The molecule has 0 saturated heterocycles. The maximum absolute atomic E-state index is 13.3. The molecule has 6 amide bonds. The number of quaternary nitrogens is 1. The van der Waals surface area contributed by atoms with Crippen LogP contribution in [0.5, 0.6) is 0 Å². The largest absolute Gasteiger partial charge is 0.481 e. The second-order valence-corrected chi connectivity index (χ2v) is 16.9. The van der Waals surface area contributed by atoms with Crippen molar-refractivity contribution >= 4 is 41.4 Å². The van der Waals surface area contributed by atoms with Gasteiger partial charge in [0.1, 0.15) is 0 Å². The minimum absolute atomic E-state index is 0.0177. The Kier molecular flexibility index (Phi) is 23.6. The summed E-state index contributed by atoms with van der Waals surface area (Å²) < 4.78 is 0. The first-order valence-electron chi connectivity index (χ1n) is 19.7. The van der Waals surface area contributed by atoms with Crippen LogP contribution >= 0.6 is 0 Å². The van der Waals surface area contributed by atoms with Gasteiger partial charge in [0.05, 0.1) is 24.8 Å². The number of nitrogens with one attached hydrogen (secondary N) is 6. The Hall–Kier alpha value is -3.75. The first-order chi connectivity index (χ1) is 24.9. The van der Waals surface area contributed by atoms with Crippen molar-refractivity contribution in [1.82, 2.24) is 31.9 Å². The molecule has 0 aliphatic heterocycles. The second-order valence-electron chi connectivity index (χ2n) is 16.9. The van der Waals surface area contributed by atoms with E-state index in [1.54, 1.807) is 27.7 Å². The summed E-state index contributed by atoms with van der Waals surface area (Å²) in [4.78, 5) is 88.4. The van der Waals surface area contributed by atoms with Crippen molar-refractivity contribution in [3.63, 3.8) is 0 Å². The SMILES string of the molecule is CC(C)C[C@@H](CC(=O)O)NC(=O)C[C@H](C)NC(=O)C[C@H](NC(=O)[C@@H](C)[C@H](C)NC(=O)C[C@H](CC(C)C)NC(=O)C[C@H](C)NC(=O)C[C@H]([NH3+])C(C)C)C(C)C. The van der Waals surface area contributed by atoms with E-state index in [2.05, 4.69) is 37.6 Å². The molecule has 54 heavy (non-hydrogen) atoms. The summed E-state index contributed by atoms with van der Waals surface area (Å²) in [6.45, 7) is 22.5. The van der Waals surface area contributed by atoms with Crippen LogP contribution in [0.25, 0.3) is 0 Å². The van der Waals surface area contributed by atoms with Gasteiger partial charge >= 0.3 is 5.97 Å². The number of hydrogen-bond donors (Lipinski definition) is 8. The number of carbonyl (C=O) groups is 7. The quantitative estimate of drug-likeness (QED) is 0.0646. The van der Waals surface area contributed by atoms with Crippen LogP contribution in [0.2, 0.25) is 0 Å². The highest BCUT2D eigenvalue weighted by atomic mass is 16.4. The van der Waals surface area contributed by atoms with Crippen LogP contribution in [0, 0.1) is 29.6 Å². The van der Waals surface area contributed by atoms with Crippen LogP contribution in [-0.4, -0.2) is 88.8 Å². The fourth-order valence-electron chi connectivity index (χ4n) is 5.96. The summed E-state index contributed by atoms with van der Waals surface area (Å²) in [6, 6.07) is -2.93. The Bertz CT molecular complexity index is 1230. The predicted octanol–water partition coefficient (Wildman–Crippen LogP) is 2.03. The van der Waals surface area contributed by atoms with Crippen LogP contribution in [0.4, 0.5) is 0 Å². The third-order valence-electron chi connectivity index (χ3n) is 9.37. The van der Waals surface area contributed by atoms with E-state index in [-0.39, 0.29) is 110 Å². The highest BCUT2D eigenvalue weighted by Crippen LogP contribution is 2.13. The highest BCUT2D eigenvalue weighted by molar-refractivity contribution is 5.84. The number of carboxylic acid groups (broad SMARTS) is 1. The molecule has 312 valence electrons. The Morgan fingerprint density at radius 3 is 1.30 bits per heavy atom. The van der Waals surface area contributed by atoms with Crippen LogP contribution in [0.3, 0.4) is 0 Å². The van der Waals surface area contributed by atoms with E-state index in [1.165, 1.54) is 0 Å². The maximum Gasteiger partial charge on any atom is 0.305 e. The molecule has 0 aliphatic rings.